The van der Waals surface area contributed by atoms with Crippen LogP contribution in [-0.4, -0.2) is 49.3 Å². The number of ether oxygens (including phenoxy) is 1. The maximum Gasteiger partial charge on any atom is 0.226 e. The lowest BCUT2D eigenvalue weighted by Crippen LogP contribution is -2.26. The van der Waals surface area contributed by atoms with Gasteiger partial charge in [0.2, 0.25) is 9.84 Å². The molecule has 1 aliphatic heterocycles. The molecule has 1 unspecified atom stereocenters. The molecule has 1 saturated heterocycles. The van der Waals surface area contributed by atoms with Crippen LogP contribution in [0.15, 0.2) is 101 Å². The zero-order valence-electron chi connectivity index (χ0n) is 20.2. The van der Waals surface area contributed by atoms with E-state index in [2.05, 4.69) is 39.4 Å². The highest BCUT2D eigenvalue weighted by atomic mass is 35.5. The smallest absolute Gasteiger partial charge is 0.226 e. The van der Waals surface area contributed by atoms with Gasteiger partial charge in [0, 0.05) is 30.4 Å². The fraction of sp³-hybridized carbons (Fsp3) is 0.207. The Morgan fingerprint density at radius 1 is 0.919 bits per heavy atom. The van der Waals surface area contributed by atoms with Gasteiger partial charge in [0.25, 0.3) is 0 Å². The molecule has 6 rings (SSSR count). The van der Waals surface area contributed by atoms with Crippen molar-refractivity contribution in [1.82, 2.24) is 15.1 Å². The number of nitrogens with one attached hydrogen (secondary N) is 1. The van der Waals surface area contributed by atoms with Gasteiger partial charge in [0.15, 0.2) is 5.03 Å². The predicted molar refractivity (Wildman–Crippen MR) is 148 cm³/mol. The average molecular weight is 534 g/mol. The SMILES string of the molecule is Cl.O=S(=O)(c1cccc2ccccc12)c1n[nH]c2ccc(OC3CCN(CCc4ccccc4)C3)cc12. The van der Waals surface area contributed by atoms with Crippen molar-refractivity contribution in [2.45, 2.75) is 28.9 Å². The van der Waals surface area contributed by atoms with Gasteiger partial charge in [-0.3, -0.25) is 10.00 Å². The number of likely N-dealkylation sites (tertiary alicyclic amines) is 1. The van der Waals surface area contributed by atoms with Crippen LogP contribution in [0.3, 0.4) is 0 Å². The minimum atomic E-state index is -3.84. The number of benzene rings is 4. The Bertz CT molecular complexity index is 1630. The number of hydrogen-bond acceptors (Lipinski definition) is 5. The summed E-state index contributed by atoms with van der Waals surface area (Å²) in [6.07, 6.45) is 2.03. The van der Waals surface area contributed by atoms with Gasteiger partial charge >= 0.3 is 0 Å². The number of fused-ring (bicyclic) bond motifs is 2. The molecular weight excluding hydrogens is 506 g/mol. The molecular formula is C29H28ClN3O3S. The molecule has 1 fully saturated rings. The third kappa shape index (κ3) is 5.07. The topological polar surface area (TPSA) is 75.3 Å². The molecule has 190 valence electrons. The molecule has 0 bridgehead atoms. The molecule has 8 heteroatoms. The monoisotopic (exact) mass is 533 g/mol. The van der Waals surface area contributed by atoms with Gasteiger partial charge in [0.05, 0.1) is 10.4 Å². The van der Waals surface area contributed by atoms with E-state index in [1.54, 1.807) is 18.2 Å². The molecule has 2 heterocycles. The van der Waals surface area contributed by atoms with Crippen LogP contribution in [0.4, 0.5) is 0 Å². The Morgan fingerprint density at radius 3 is 2.57 bits per heavy atom. The normalized spacial score (nSPS) is 16.2. The first-order valence-electron chi connectivity index (χ1n) is 12.2. The first-order valence-corrected chi connectivity index (χ1v) is 13.7. The number of H-pyrrole nitrogens is 1. The standard InChI is InChI=1S/C29H27N3O3S.ClH/c33-36(34,28-12-6-10-22-9-4-5-11-25(22)28)29-26-19-23(13-14-27(26)30-31-29)35-24-16-18-32(20-24)17-15-21-7-2-1-3-8-21;/h1-14,19,24H,15-18,20H2,(H,30,31);1H. The molecule has 37 heavy (non-hydrogen) atoms. The Hall–Kier alpha value is -3.39. The highest BCUT2D eigenvalue weighted by Gasteiger charge is 2.27. The van der Waals surface area contributed by atoms with Crippen LogP contribution >= 0.6 is 12.4 Å². The summed E-state index contributed by atoms with van der Waals surface area (Å²) >= 11 is 0. The molecule has 0 saturated carbocycles. The summed E-state index contributed by atoms with van der Waals surface area (Å²) in [5.41, 5.74) is 2.00. The van der Waals surface area contributed by atoms with Crippen molar-refractivity contribution >= 4 is 43.9 Å². The van der Waals surface area contributed by atoms with Gasteiger partial charge in [0.1, 0.15) is 11.9 Å². The first kappa shape index (κ1) is 25.3. The molecule has 0 amide bonds. The molecule has 0 aliphatic carbocycles. The third-order valence-corrected chi connectivity index (χ3v) is 8.64. The van der Waals surface area contributed by atoms with E-state index in [0.717, 1.165) is 37.9 Å². The molecule has 1 N–H and O–H groups in total. The number of nitrogens with zero attached hydrogens (tertiary/aromatic N) is 2. The van der Waals surface area contributed by atoms with Gasteiger partial charge in [-0.05, 0) is 48.1 Å². The minimum Gasteiger partial charge on any atom is -0.489 e. The average Bonchev–Trinajstić information content (AvgIpc) is 3.55. The van der Waals surface area contributed by atoms with E-state index >= 15 is 0 Å². The highest BCUT2D eigenvalue weighted by Crippen LogP contribution is 2.33. The van der Waals surface area contributed by atoms with Crippen LogP contribution in [0.25, 0.3) is 21.7 Å². The van der Waals surface area contributed by atoms with Gasteiger partial charge in [-0.2, -0.15) is 5.10 Å². The Balaban J connectivity index is 0.00000280. The predicted octanol–water partition coefficient (Wildman–Crippen LogP) is 5.67. The quantitative estimate of drug-likeness (QED) is 0.292. The van der Waals surface area contributed by atoms with E-state index < -0.39 is 9.84 Å². The second-order valence-corrected chi connectivity index (χ2v) is 11.1. The molecule has 0 radical (unpaired) electrons. The lowest BCUT2D eigenvalue weighted by Gasteiger charge is -2.17. The molecule has 5 aromatic rings. The second-order valence-electron chi connectivity index (χ2n) is 9.28. The number of aromatic nitrogens is 2. The Kier molecular flexibility index (Phi) is 7.20. The van der Waals surface area contributed by atoms with Crippen molar-refractivity contribution in [1.29, 1.82) is 0 Å². The van der Waals surface area contributed by atoms with Crippen molar-refractivity contribution in [2.24, 2.45) is 0 Å². The largest absolute Gasteiger partial charge is 0.489 e. The van der Waals surface area contributed by atoms with Crippen LogP contribution < -0.4 is 4.74 Å². The molecule has 4 aromatic carbocycles. The van der Waals surface area contributed by atoms with Crippen LogP contribution in [0.2, 0.25) is 0 Å². The Labute approximate surface area is 222 Å². The van der Waals surface area contributed by atoms with E-state index in [4.69, 9.17) is 4.74 Å². The Morgan fingerprint density at radius 2 is 1.70 bits per heavy atom. The van der Waals surface area contributed by atoms with E-state index in [0.29, 0.717) is 22.0 Å². The number of rotatable bonds is 7. The fourth-order valence-corrected chi connectivity index (χ4v) is 6.57. The molecule has 0 spiro atoms. The van der Waals surface area contributed by atoms with Gasteiger partial charge in [-0.25, -0.2) is 8.42 Å². The lowest BCUT2D eigenvalue weighted by molar-refractivity contribution is 0.201. The van der Waals surface area contributed by atoms with Crippen molar-refractivity contribution in [3.8, 4) is 5.75 Å². The summed E-state index contributed by atoms with van der Waals surface area (Å²) in [6, 6.07) is 28.8. The molecule has 1 aromatic heterocycles. The van der Waals surface area contributed by atoms with Crippen molar-refractivity contribution in [3.05, 3.63) is 96.6 Å². The third-order valence-electron chi connectivity index (χ3n) is 6.88. The van der Waals surface area contributed by atoms with Crippen LogP contribution in [-0.2, 0) is 16.3 Å². The summed E-state index contributed by atoms with van der Waals surface area (Å²) in [4.78, 5) is 2.68. The minimum absolute atomic E-state index is 0. The zero-order chi connectivity index (χ0) is 24.5. The van der Waals surface area contributed by atoms with Gasteiger partial charge < -0.3 is 4.74 Å². The van der Waals surface area contributed by atoms with E-state index in [9.17, 15) is 8.42 Å². The first-order chi connectivity index (χ1) is 17.6. The van der Waals surface area contributed by atoms with Crippen LogP contribution in [0.5, 0.6) is 5.75 Å². The number of halogens is 1. The highest BCUT2D eigenvalue weighted by molar-refractivity contribution is 7.91. The number of hydrogen-bond donors (Lipinski definition) is 1. The lowest BCUT2D eigenvalue weighted by atomic mass is 10.1. The van der Waals surface area contributed by atoms with Gasteiger partial charge in [-0.15, -0.1) is 12.4 Å². The number of aromatic amines is 1. The number of sulfone groups is 1. The summed E-state index contributed by atoms with van der Waals surface area (Å²) in [5, 5.41) is 9.22. The summed E-state index contributed by atoms with van der Waals surface area (Å²) in [7, 11) is -3.84. The summed E-state index contributed by atoms with van der Waals surface area (Å²) in [6.45, 7) is 2.85. The van der Waals surface area contributed by atoms with Crippen LogP contribution in [0, 0.1) is 0 Å². The fourth-order valence-electron chi connectivity index (χ4n) is 5.00. The maximum atomic E-state index is 13.7. The van der Waals surface area contributed by atoms with E-state index in [1.165, 1.54) is 5.56 Å². The second kappa shape index (κ2) is 10.5. The van der Waals surface area contributed by atoms with Crippen LogP contribution in [0.1, 0.15) is 12.0 Å². The van der Waals surface area contributed by atoms with Crippen molar-refractivity contribution < 1.29 is 13.2 Å². The van der Waals surface area contributed by atoms with Crippen molar-refractivity contribution in [3.63, 3.8) is 0 Å². The summed E-state index contributed by atoms with van der Waals surface area (Å²) < 4.78 is 33.7. The molecule has 1 atom stereocenters. The molecule has 6 nitrogen and oxygen atoms in total. The van der Waals surface area contributed by atoms with E-state index in [1.807, 2.05) is 48.5 Å². The van der Waals surface area contributed by atoms with Crippen molar-refractivity contribution in [2.75, 3.05) is 19.6 Å². The summed E-state index contributed by atoms with van der Waals surface area (Å²) in [5.74, 6) is 0.660. The molecule has 1 aliphatic rings. The maximum absolute atomic E-state index is 13.7. The van der Waals surface area contributed by atoms with Gasteiger partial charge in [-0.1, -0.05) is 66.7 Å². The van der Waals surface area contributed by atoms with E-state index in [-0.39, 0.29) is 28.4 Å². The zero-order valence-corrected chi connectivity index (χ0v) is 21.8.